The van der Waals surface area contributed by atoms with Crippen molar-refractivity contribution in [2.24, 2.45) is 5.92 Å². The second-order valence-corrected chi connectivity index (χ2v) is 8.19. The number of hydrogen-bond donors (Lipinski definition) is 0. The van der Waals surface area contributed by atoms with Crippen LogP contribution in [0.15, 0.2) is 22.7 Å². The van der Waals surface area contributed by atoms with Crippen LogP contribution in [0.4, 0.5) is 0 Å². The van der Waals surface area contributed by atoms with E-state index in [1.54, 1.807) is 4.31 Å². The number of sulfonamides is 1. The number of hydrogen-bond acceptors (Lipinski definition) is 3. The third-order valence-electron chi connectivity index (χ3n) is 3.57. The standard InChI is InChI=1S/C14H20BrNO3S/c1-11-8-13(5-6-14(11)15)19-10-12-4-3-7-16(9-12)20(2,17)18/h5-6,8,12H,3-4,7,9-10H2,1-2H3. The fourth-order valence-corrected chi connectivity index (χ4v) is 3.57. The van der Waals surface area contributed by atoms with Crippen molar-refractivity contribution in [2.45, 2.75) is 19.8 Å². The molecule has 0 spiro atoms. The molecule has 1 aliphatic rings. The molecule has 1 unspecified atom stereocenters. The Balaban J connectivity index is 1.92. The van der Waals surface area contributed by atoms with Crippen LogP contribution in [-0.4, -0.2) is 38.7 Å². The Morgan fingerprint density at radius 3 is 2.85 bits per heavy atom. The second kappa shape index (κ2) is 6.45. The average molecular weight is 362 g/mol. The van der Waals surface area contributed by atoms with E-state index in [9.17, 15) is 8.42 Å². The van der Waals surface area contributed by atoms with Gasteiger partial charge in [0, 0.05) is 23.5 Å². The molecule has 1 saturated heterocycles. The molecule has 1 aromatic rings. The molecule has 1 fully saturated rings. The van der Waals surface area contributed by atoms with E-state index < -0.39 is 10.0 Å². The highest BCUT2D eigenvalue weighted by Crippen LogP contribution is 2.24. The summed E-state index contributed by atoms with van der Waals surface area (Å²) in [4.78, 5) is 0. The molecule has 0 saturated carbocycles. The molecule has 1 atom stereocenters. The zero-order chi connectivity index (χ0) is 14.8. The number of nitrogens with zero attached hydrogens (tertiary/aromatic N) is 1. The van der Waals surface area contributed by atoms with E-state index in [2.05, 4.69) is 15.9 Å². The van der Waals surface area contributed by atoms with Gasteiger partial charge in [-0.2, -0.15) is 0 Å². The van der Waals surface area contributed by atoms with Crippen molar-refractivity contribution in [3.8, 4) is 5.75 Å². The van der Waals surface area contributed by atoms with Gasteiger partial charge in [-0.25, -0.2) is 12.7 Å². The lowest BCUT2D eigenvalue weighted by atomic mass is 10.0. The SMILES string of the molecule is Cc1cc(OCC2CCCN(S(C)(=O)=O)C2)ccc1Br. The van der Waals surface area contributed by atoms with Crippen LogP contribution in [0, 0.1) is 12.8 Å². The van der Waals surface area contributed by atoms with Gasteiger partial charge in [0.1, 0.15) is 5.75 Å². The van der Waals surface area contributed by atoms with Crippen molar-refractivity contribution >= 4 is 26.0 Å². The summed E-state index contributed by atoms with van der Waals surface area (Å²) in [5.41, 5.74) is 1.13. The van der Waals surface area contributed by atoms with Crippen molar-refractivity contribution in [1.29, 1.82) is 0 Å². The molecule has 1 heterocycles. The predicted molar refractivity (Wildman–Crippen MR) is 83.5 cm³/mol. The van der Waals surface area contributed by atoms with Crippen LogP contribution in [0.2, 0.25) is 0 Å². The van der Waals surface area contributed by atoms with Crippen LogP contribution >= 0.6 is 15.9 Å². The lowest BCUT2D eigenvalue weighted by Gasteiger charge is -2.30. The largest absolute Gasteiger partial charge is 0.493 e. The molecule has 2 rings (SSSR count). The van der Waals surface area contributed by atoms with Crippen LogP contribution in [0.3, 0.4) is 0 Å². The third kappa shape index (κ3) is 4.20. The fraction of sp³-hybridized carbons (Fsp3) is 0.571. The highest BCUT2D eigenvalue weighted by molar-refractivity contribution is 9.10. The average Bonchev–Trinajstić information content (AvgIpc) is 2.39. The Bertz CT molecular complexity index is 574. The van der Waals surface area contributed by atoms with Crippen LogP contribution in [-0.2, 0) is 10.0 Å². The van der Waals surface area contributed by atoms with E-state index in [1.807, 2.05) is 25.1 Å². The number of piperidine rings is 1. The number of halogens is 1. The summed E-state index contributed by atoms with van der Waals surface area (Å²) in [5, 5.41) is 0. The number of benzene rings is 1. The van der Waals surface area contributed by atoms with Crippen molar-refractivity contribution in [2.75, 3.05) is 26.0 Å². The summed E-state index contributed by atoms with van der Waals surface area (Å²) < 4.78 is 31.6. The Hall–Kier alpha value is -0.590. The van der Waals surface area contributed by atoms with Gasteiger partial charge >= 0.3 is 0 Å². The number of ether oxygens (including phenoxy) is 1. The molecule has 0 aromatic heterocycles. The zero-order valence-corrected chi connectivity index (χ0v) is 14.2. The highest BCUT2D eigenvalue weighted by atomic mass is 79.9. The van der Waals surface area contributed by atoms with Crippen LogP contribution in [0.1, 0.15) is 18.4 Å². The summed E-state index contributed by atoms with van der Waals surface area (Å²) in [6, 6.07) is 5.88. The summed E-state index contributed by atoms with van der Waals surface area (Å²) >= 11 is 3.46. The first-order chi connectivity index (χ1) is 9.36. The van der Waals surface area contributed by atoms with Gasteiger partial charge in [0.2, 0.25) is 10.0 Å². The topological polar surface area (TPSA) is 46.6 Å². The van der Waals surface area contributed by atoms with Gasteiger partial charge in [-0.1, -0.05) is 15.9 Å². The lowest BCUT2D eigenvalue weighted by molar-refractivity contribution is 0.180. The van der Waals surface area contributed by atoms with Crippen LogP contribution in [0.5, 0.6) is 5.75 Å². The molecule has 0 radical (unpaired) electrons. The minimum atomic E-state index is -3.08. The second-order valence-electron chi connectivity index (χ2n) is 5.35. The van der Waals surface area contributed by atoms with Gasteiger partial charge < -0.3 is 4.74 Å². The predicted octanol–water partition coefficient (Wildman–Crippen LogP) is 2.81. The normalized spacial score (nSPS) is 20.9. The van der Waals surface area contributed by atoms with Crippen molar-refractivity contribution in [3.05, 3.63) is 28.2 Å². The maximum atomic E-state index is 11.6. The zero-order valence-electron chi connectivity index (χ0n) is 11.8. The molecule has 0 N–H and O–H groups in total. The maximum absolute atomic E-state index is 11.6. The number of rotatable bonds is 4. The van der Waals surface area contributed by atoms with Crippen LogP contribution in [0.25, 0.3) is 0 Å². The third-order valence-corrected chi connectivity index (χ3v) is 5.73. The fourth-order valence-electron chi connectivity index (χ4n) is 2.39. The summed E-state index contributed by atoms with van der Waals surface area (Å²) in [6.07, 6.45) is 3.19. The monoisotopic (exact) mass is 361 g/mol. The lowest BCUT2D eigenvalue weighted by Crippen LogP contribution is -2.40. The molecular weight excluding hydrogens is 342 g/mol. The Labute approximate surface area is 129 Å². The molecule has 0 aliphatic carbocycles. The van der Waals surface area contributed by atoms with E-state index in [0.717, 1.165) is 28.6 Å². The first-order valence-electron chi connectivity index (χ1n) is 6.70. The van der Waals surface area contributed by atoms with E-state index >= 15 is 0 Å². The minimum Gasteiger partial charge on any atom is -0.493 e. The molecule has 4 nitrogen and oxygen atoms in total. The quantitative estimate of drug-likeness (QED) is 0.828. The Morgan fingerprint density at radius 1 is 1.45 bits per heavy atom. The molecular formula is C14H20BrNO3S. The van der Waals surface area contributed by atoms with Crippen LogP contribution < -0.4 is 4.74 Å². The van der Waals surface area contributed by atoms with E-state index in [4.69, 9.17) is 4.74 Å². The molecule has 0 bridgehead atoms. The van der Waals surface area contributed by atoms with Gasteiger partial charge in [-0.3, -0.25) is 0 Å². The Kier molecular flexibility index (Phi) is 5.09. The van der Waals surface area contributed by atoms with E-state index in [-0.39, 0.29) is 5.92 Å². The molecule has 20 heavy (non-hydrogen) atoms. The van der Waals surface area contributed by atoms with E-state index in [1.165, 1.54) is 6.26 Å². The highest BCUT2D eigenvalue weighted by Gasteiger charge is 2.26. The molecule has 1 aromatic carbocycles. The van der Waals surface area contributed by atoms with Crippen molar-refractivity contribution in [3.63, 3.8) is 0 Å². The molecule has 1 aliphatic heterocycles. The minimum absolute atomic E-state index is 0.266. The van der Waals surface area contributed by atoms with Crippen molar-refractivity contribution < 1.29 is 13.2 Å². The van der Waals surface area contributed by atoms with Gasteiger partial charge in [-0.05, 0) is 43.5 Å². The Morgan fingerprint density at radius 2 is 2.20 bits per heavy atom. The summed E-state index contributed by atoms with van der Waals surface area (Å²) in [5.74, 6) is 1.10. The smallest absolute Gasteiger partial charge is 0.211 e. The van der Waals surface area contributed by atoms with Crippen molar-refractivity contribution in [1.82, 2.24) is 4.31 Å². The van der Waals surface area contributed by atoms with Gasteiger partial charge in [-0.15, -0.1) is 0 Å². The van der Waals surface area contributed by atoms with Gasteiger partial charge in [0.15, 0.2) is 0 Å². The molecule has 112 valence electrons. The molecule has 6 heteroatoms. The van der Waals surface area contributed by atoms with Gasteiger partial charge in [0.05, 0.1) is 12.9 Å². The number of aryl methyl sites for hydroxylation is 1. The first kappa shape index (κ1) is 15.8. The molecule has 0 amide bonds. The summed E-state index contributed by atoms with van der Waals surface area (Å²) in [7, 11) is -3.08. The maximum Gasteiger partial charge on any atom is 0.211 e. The summed E-state index contributed by atoms with van der Waals surface area (Å²) in [6.45, 7) is 3.77. The van der Waals surface area contributed by atoms with E-state index in [0.29, 0.717) is 19.7 Å². The first-order valence-corrected chi connectivity index (χ1v) is 9.34. The van der Waals surface area contributed by atoms with Gasteiger partial charge in [0.25, 0.3) is 0 Å².